The Hall–Kier alpha value is -4.95. The minimum absolute atomic E-state index is 0.276. The Balaban J connectivity index is 1.36. The largest absolute Gasteiger partial charge is 0.465 e. The van der Waals surface area contributed by atoms with Crippen LogP contribution in [0.2, 0.25) is 0 Å². The smallest absolute Gasteiger partial charge is 0.338 e. The second kappa shape index (κ2) is 11.3. The molecule has 3 heterocycles. The Morgan fingerprint density at radius 1 is 0.902 bits per heavy atom. The maximum atomic E-state index is 12.4. The van der Waals surface area contributed by atoms with Crippen molar-refractivity contribution in [1.29, 1.82) is 0 Å². The molecule has 0 saturated carbocycles. The first-order valence-electron chi connectivity index (χ1n) is 13.1. The molecule has 3 aromatic carbocycles. The highest BCUT2D eigenvalue weighted by Gasteiger charge is 2.42. The van der Waals surface area contributed by atoms with Crippen molar-refractivity contribution in [2.75, 3.05) is 12.0 Å². The summed E-state index contributed by atoms with van der Waals surface area (Å²) in [7, 11) is 1.37. The summed E-state index contributed by atoms with van der Waals surface area (Å²) < 4.78 is 17.5. The molecule has 6 rings (SSSR count). The molecule has 204 valence electrons. The minimum Gasteiger partial charge on any atom is -0.465 e. The second-order valence-corrected chi connectivity index (χ2v) is 10.0. The summed E-state index contributed by atoms with van der Waals surface area (Å²) in [4.78, 5) is 19.1. The third kappa shape index (κ3) is 5.29. The van der Waals surface area contributed by atoms with Crippen LogP contribution in [-0.2, 0) is 4.74 Å². The lowest BCUT2D eigenvalue weighted by Crippen LogP contribution is -2.29. The second-order valence-electron chi connectivity index (χ2n) is 9.64. The Kier molecular flexibility index (Phi) is 7.22. The first-order valence-corrected chi connectivity index (χ1v) is 13.6. The zero-order valence-corrected chi connectivity index (χ0v) is 23.3. The number of aryl methyl sites for hydroxylation is 1. The van der Waals surface area contributed by atoms with E-state index in [1.165, 1.54) is 12.7 Å². The summed E-state index contributed by atoms with van der Waals surface area (Å²) in [5.74, 6) is 2.28. The summed E-state index contributed by atoms with van der Waals surface area (Å²) in [6.45, 7) is 2.04. The van der Waals surface area contributed by atoms with Crippen molar-refractivity contribution in [1.82, 2.24) is 10.3 Å². The Bertz CT molecular complexity index is 1680. The average molecular weight is 562 g/mol. The van der Waals surface area contributed by atoms with Gasteiger partial charge >= 0.3 is 5.97 Å². The zero-order valence-electron chi connectivity index (χ0n) is 22.5. The summed E-state index contributed by atoms with van der Waals surface area (Å²) in [6, 6.07) is 31.9. The molecule has 1 aliphatic heterocycles. The van der Waals surface area contributed by atoms with E-state index in [4.69, 9.17) is 26.1 Å². The SMILES string of the molecule is COC(=O)c1ccccc1-c1ccc([C@H]2[C@@H](c3ccccn3)NC(=S)N2c2ccc(Oc3ccc(C)cc3)cc2)o1. The molecule has 1 fully saturated rings. The van der Waals surface area contributed by atoms with E-state index in [1.807, 2.05) is 103 Å². The van der Waals surface area contributed by atoms with Gasteiger partial charge in [0.15, 0.2) is 5.11 Å². The van der Waals surface area contributed by atoms with Crippen molar-refractivity contribution < 1.29 is 18.7 Å². The number of carbonyl (C=O) groups is 1. The van der Waals surface area contributed by atoms with Crippen LogP contribution in [-0.4, -0.2) is 23.2 Å². The number of thiocarbonyl (C=S) groups is 1. The molecule has 7 nitrogen and oxygen atoms in total. The number of benzene rings is 3. The topological polar surface area (TPSA) is 76.8 Å². The molecule has 0 spiro atoms. The van der Waals surface area contributed by atoms with Gasteiger partial charge in [-0.05, 0) is 85.9 Å². The van der Waals surface area contributed by atoms with Crippen molar-refractivity contribution >= 4 is 29.0 Å². The van der Waals surface area contributed by atoms with E-state index in [1.54, 1.807) is 18.3 Å². The number of nitrogens with one attached hydrogen (secondary N) is 1. The molecule has 0 amide bonds. The maximum absolute atomic E-state index is 12.4. The molecule has 8 heteroatoms. The molecule has 5 aromatic rings. The maximum Gasteiger partial charge on any atom is 0.338 e. The number of hydrogen-bond acceptors (Lipinski definition) is 6. The molecule has 1 aliphatic rings. The van der Waals surface area contributed by atoms with Crippen LogP contribution in [0.5, 0.6) is 11.5 Å². The summed E-state index contributed by atoms with van der Waals surface area (Å²) >= 11 is 5.85. The van der Waals surface area contributed by atoms with Crippen LogP contribution in [0.15, 0.2) is 114 Å². The molecule has 1 saturated heterocycles. The fourth-order valence-corrected chi connectivity index (χ4v) is 5.33. The number of rotatable bonds is 7. The van der Waals surface area contributed by atoms with Gasteiger partial charge in [-0.15, -0.1) is 0 Å². The highest BCUT2D eigenvalue weighted by Crippen LogP contribution is 2.43. The van der Waals surface area contributed by atoms with Crippen LogP contribution in [0.1, 0.15) is 39.5 Å². The van der Waals surface area contributed by atoms with E-state index >= 15 is 0 Å². The molecular formula is C33H27N3O4S. The normalized spacial score (nSPS) is 16.3. The van der Waals surface area contributed by atoms with Crippen LogP contribution in [0, 0.1) is 6.92 Å². The molecule has 0 radical (unpaired) electrons. The molecule has 1 N–H and O–H groups in total. The van der Waals surface area contributed by atoms with Crippen LogP contribution < -0.4 is 15.0 Å². The molecule has 2 aromatic heterocycles. The number of esters is 1. The number of carbonyl (C=O) groups excluding carboxylic acids is 1. The summed E-state index contributed by atoms with van der Waals surface area (Å²) in [5, 5.41) is 3.99. The van der Waals surface area contributed by atoms with Crippen LogP contribution >= 0.6 is 12.2 Å². The fourth-order valence-electron chi connectivity index (χ4n) is 4.98. The summed E-state index contributed by atoms with van der Waals surface area (Å²) in [5.41, 5.74) is 3.95. The molecule has 2 atom stereocenters. The molecule has 0 bridgehead atoms. The van der Waals surface area contributed by atoms with Crippen molar-refractivity contribution in [3.05, 3.63) is 132 Å². The standard InChI is InChI=1S/C33H27N3O4S/c1-21-10-14-23(15-11-21)39-24-16-12-22(13-17-24)36-31(30(35-33(36)41)27-9-5-6-20-34-27)29-19-18-28(40-29)25-7-3-4-8-26(25)32(37)38-2/h3-20,30-31H,1-2H3,(H,35,41)/t30-,31+/m1/s1. The Morgan fingerprint density at radius 2 is 1.61 bits per heavy atom. The first-order chi connectivity index (χ1) is 20.0. The minimum atomic E-state index is -0.428. The van der Waals surface area contributed by atoms with E-state index in [2.05, 4.69) is 10.3 Å². The lowest BCUT2D eigenvalue weighted by Gasteiger charge is -2.26. The summed E-state index contributed by atoms with van der Waals surface area (Å²) in [6.07, 6.45) is 1.76. The van der Waals surface area contributed by atoms with Crippen molar-refractivity contribution in [2.45, 2.75) is 19.0 Å². The van der Waals surface area contributed by atoms with Gasteiger partial charge in [0.25, 0.3) is 0 Å². The van der Waals surface area contributed by atoms with Crippen LogP contribution in [0.25, 0.3) is 11.3 Å². The molecule has 0 aliphatic carbocycles. The lowest BCUT2D eigenvalue weighted by molar-refractivity contribution is 0.0601. The van der Waals surface area contributed by atoms with E-state index in [0.717, 1.165) is 17.1 Å². The van der Waals surface area contributed by atoms with Gasteiger partial charge in [0.2, 0.25) is 0 Å². The van der Waals surface area contributed by atoms with Gasteiger partial charge < -0.3 is 24.1 Å². The Labute approximate surface area is 243 Å². The van der Waals surface area contributed by atoms with E-state index in [-0.39, 0.29) is 12.1 Å². The van der Waals surface area contributed by atoms with Gasteiger partial charge in [-0.3, -0.25) is 4.98 Å². The number of furan rings is 1. The number of ether oxygens (including phenoxy) is 2. The van der Waals surface area contributed by atoms with Gasteiger partial charge in [-0.25, -0.2) is 4.79 Å². The van der Waals surface area contributed by atoms with Crippen molar-refractivity contribution in [2.24, 2.45) is 0 Å². The number of aromatic nitrogens is 1. The first kappa shape index (κ1) is 26.3. The fraction of sp³-hybridized carbons (Fsp3) is 0.121. The predicted molar refractivity (Wildman–Crippen MR) is 161 cm³/mol. The zero-order chi connectivity index (χ0) is 28.3. The third-order valence-corrected chi connectivity index (χ3v) is 7.30. The predicted octanol–water partition coefficient (Wildman–Crippen LogP) is 7.41. The molecular weight excluding hydrogens is 534 g/mol. The monoisotopic (exact) mass is 561 g/mol. The highest BCUT2D eigenvalue weighted by atomic mass is 32.1. The van der Waals surface area contributed by atoms with Crippen molar-refractivity contribution in [3.8, 4) is 22.8 Å². The average Bonchev–Trinajstić information content (AvgIpc) is 3.63. The number of pyridine rings is 1. The third-order valence-electron chi connectivity index (χ3n) is 6.99. The number of hydrogen-bond donors (Lipinski definition) is 1. The van der Waals surface area contributed by atoms with Gasteiger partial charge in [-0.2, -0.15) is 0 Å². The quantitative estimate of drug-likeness (QED) is 0.163. The highest BCUT2D eigenvalue weighted by molar-refractivity contribution is 7.80. The van der Waals surface area contributed by atoms with E-state index < -0.39 is 5.97 Å². The van der Waals surface area contributed by atoms with Crippen LogP contribution in [0.3, 0.4) is 0 Å². The van der Waals surface area contributed by atoms with Gasteiger partial charge in [0.05, 0.1) is 24.4 Å². The van der Waals surface area contributed by atoms with Crippen molar-refractivity contribution in [3.63, 3.8) is 0 Å². The van der Waals surface area contributed by atoms with Gasteiger partial charge in [-0.1, -0.05) is 42.0 Å². The van der Waals surface area contributed by atoms with E-state index in [0.29, 0.717) is 33.5 Å². The Morgan fingerprint density at radius 3 is 2.32 bits per heavy atom. The number of anilines is 1. The van der Waals surface area contributed by atoms with Crippen LogP contribution in [0.4, 0.5) is 5.69 Å². The van der Waals surface area contributed by atoms with E-state index in [9.17, 15) is 4.79 Å². The molecule has 0 unspecified atom stereocenters. The van der Waals surface area contributed by atoms with Gasteiger partial charge in [0.1, 0.15) is 29.1 Å². The molecule has 41 heavy (non-hydrogen) atoms. The van der Waals surface area contributed by atoms with Gasteiger partial charge in [0, 0.05) is 17.4 Å². The number of nitrogens with zero attached hydrogens (tertiary/aromatic N) is 2. The number of methoxy groups -OCH3 is 1. The lowest BCUT2D eigenvalue weighted by atomic mass is 10.0.